The lowest BCUT2D eigenvalue weighted by Gasteiger charge is -1.84. The van der Waals surface area contributed by atoms with Crippen LogP contribution in [0.25, 0.3) is 0 Å². The van der Waals surface area contributed by atoms with Crippen molar-refractivity contribution in [3.8, 4) is 0 Å². The second kappa shape index (κ2) is 4.41. The van der Waals surface area contributed by atoms with E-state index >= 15 is 0 Å². The van der Waals surface area contributed by atoms with E-state index in [2.05, 4.69) is 0 Å². The van der Waals surface area contributed by atoms with Crippen LogP contribution in [-0.4, -0.2) is 14.2 Å². The molecule has 0 heterocycles. The van der Waals surface area contributed by atoms with Crippen LogP contribution < -0.4 is 0 Å². The molecule has 0 bridgehead atoms. The predicted octanol–water partition coefficient (Wildman–Crippen LogP) is 1.39. The second-order valence-electron chi connectivity index (χ2n) is 1.24. The zero-order valence-electron chi connectivity index (χ0n) is 4.43. The number of halogens is 2. The Bertz CT molecular complexity index is 128. The molecule has 8 heavy (non-hydrogen) atoms. The monoisotopic (exact) mass is 178 g/mol. The van der Waals surface area contributed by atoms with Crippen LogP contribution in [0.5, 0.6) is 0 Å². The molecule has 0 unspecified atom stereocenters. The maximum Gasteiger partial charge on any atom is 0.232 e. The molecule has 0 atom stereocenters. The third-order valence-electron chi connectivity index (χ3n) is 0.448. The van der Waals surface area contributed by atoms with Crippen molar-refractivity contribution < 1.29 is 8.42 Å². The van der Waals surface area contributed by atoms with Gasteiger partial charge in [0.2, 0.25) is 9.05 Å². The molecule has 0 N–H and O–H groups in total. The van der Waals surface area contributed by atoms with E-state index < -0.39 is 9.05 Å². The summed E-state index contributed by atoms with van der Waals surface area (Å²) in [7, 11) is 1.60. The molecule has 0 aliphatic rings. The SMILES string of the molecule is CCCS(=O)(=O)Cl.Cl. The Balaban J connectivity index is 0. The third-order valence-corrected chi connectivity index (χ3v) is 1.81. The fraction of sp³-hybridized carbons (Fsp3) is 1.00. The fourth-order valence-corrected chi connectivity index (χ4v) is 1.19. The standard InChI is InChI=1S/C3H7ClO2S.ClH/c1-2-3-7(4,5)6;/h2-3H2,1H3;1H. The molecule has 2 nitrogen and oxygen atoms in total. The molecular formula is C3H8Cl2O2S. The van der Waals surface area contributed by atoms with Gasteiger partial charge < -0.3 is 0 Å². The molecule has 0 amide bonds. The average Bonchev–Trinajstić information content (AvgIpc) is 1.30. The van der Waals surface area contributed by atoms with Gasteiger partial charge in [0.1, 0.15) is 0 Å². The first kappa shape index (κ1) is 11.3. The maximum atomic E-state index is 10.00. The topological polar surface area (TPSA) is 34.1 Å². The number of rotatable bonds is 2. The van der Waals surface area contributed by atoms with Crippen molar-refractivity contribution in [1.82, 2.24) is 0 Å². The summed E-state index contributed by atoms with van der Waals surface area (Å²) in [6, 6.07) is 0. The van der Waals surface area contributed by atoms with Crippen LogP contribution >= 0.6 is 23.1 Å². The number of hydrogen-bond donors (Lipinski definition) is 0. The Morgan fingerprint density at radius 3 is 1.88 bits per heavy atom. The van der Waals surface area contributed by atoms with E-state index in [1.807, 2.05) is 0 Å². The highest BCUT2D eigenvalue weighted by Gasteiger charge is 1.99. The van der Waals surface area contributed by atoms with Crippen molar-refractivity contribution in [2.45, 2.75) is 13.3 Å². The summed E-state index contributed by atoms with van der Waals surface area (Å²) in [6.07, 6.45) is 0.589. The zero-order chi connectivity index (χ0) is 5.91. The molecule has 0 saturated heterocycles. The summed E-state index contributed by atoms with van der Waals surface area (Å²) in [5, 5.41) is 0. The van der Waals surface area contributed by atoms with Crippen LogP contribution in [0.4, 0.5) is 0 Å². The summed E-state index contributed by atoms with van der Waals surface area (Å²) in [5.41, 5.74) is 0. The number of hydrogen-bond acceptors (Lipinski definition) is 2. The minimum Gasteiger partial charge on any atom is -0.212 e. The first-order valence-corrected chi connectivity index (χ1v) is 4.46. The average molecular weight is 179 g/mol. The van der Waals surface area contributed by atoms with Crippen molar-refractivity contribution in [3.05, 3.63) is 0 Å². The Labute approximate surface area is 60.1 Å². The highest BCUT2D eigenvalue weighted by molar-refractivity contribution is 8.13. The minimum atomic E-state index is -3.20. The van der Waals surface area contributed by atoms with E-state index in [9.17, 15) is 8.42 Å². The van der Waals surface area contributed by atoms with Crippen molar-refractivity contribution in [2.24, 2.45) is 0 Å². The van der Waals surface area contributed by atoms with E-state index in [1.165, 1.54) is 0 Å². The van der Waals surface area contributed by atoms with Gasteiger partial charge in [-0.1, -0.05) is 6.92 Å². The molecule has 0 radical (unpaired) electrons. The summed E-state index contributed by atoms with van der Waals surface area (Å²) < 4.78 is 20.0. The lowest BCUT2D eigenvalue weighted by molar-refractivity contribution is 0.608. The molecule has 0 aromatic carbocycles. The maximum absolute atomic E-state index is 10.00. The molecule has 0 saturated carbocycles. The molecule has 0 aliphatic heterocycles. The molecule has 5 heteroatoms. The molecule has 0 fully saturated rings. The van der Waals surface area contributed by atoms with Crippen LogP contribution in [0.3, 0.4) is 0 Å². The molecule has 0 aliphatic carbocycles. The van der Waals surface area contributed by atoms with Crippen LogP contribution in [0.2, 0.25) is 0 Å². The largest absolute Gasteiger partial charge is 0.232 e. The Hall–Kier alpha value is 0.530. The first-order valence-electron chi connectivity index (χ1n) is 1.98. The van der Waals surface area contributed by atoms with E-state index in [-0.39, 0.29) is 18.2 Å². The van der Waals surface area contributed by atoms with Gasteiger partial charge in [-0.15, -0.1) is 12.4 Å². The van der Waals surface area contributed by atoms with Gasteiger partial charge >= 0.3 is 0 Å². The van der Waals surface area contributed by atoms with E-state index in [0.717, 1.165) is 0 Å². The molecular weight excluding hydrogens is 171 g/mol. The Morgan fingerprint density at radius 2 is 1.88 bits per heavy atom. The second-order valence-corrected chi connectivity index (χ2v) is 4.14. The fourth-order valence-electron chi connectivity index (χ4n) is 0.244. The summed E-state index contributed by atoms with van der Waals surface area (Å²) >= 11 is 0. The molecule has 0 spiro atoms. The zero-order valence-corrected chi connectivity index (χ0v) is 6.81. The lowest BCUT2D eigenvalue weighted by Crippen LogP contribution is -1.93. The quantitative estimate of drug-likeness (QED) is 0.600. The van der Waals surface area contributed by atoms with Crippen LogP contribution in [-0.2, 0) is 9.05 Å². The van der Waals surface area contributed by atoms with Crippen LogP contribution in [0.1, 0.15) is 13.3 Å². The third kappa shape index (κ3) is 9.73. The van der Waals surface area contributed by atoms with Gasteiger partial charge in [0.15, 0.2) is 0 Å². The van der Waals surface area contributed by atoms with Gasteiger partial charge in [0.25, 0.3) is 0 Å². The predicted molar refractivity (Wildman–Crippen MR) is 37.2 cm³/mol. The Kier molecular flexibility index (Phi) is 6.26. The first-order chi connectivity index (χ1) is 3.06. The van der Waals surface area contributed by atoms with Crippen molar-refractivity contribution in [3.63, 3.8) is 0 Å². The van der Waals surface area contributed by atoms with E-state index in [1.54, 1.807) is 6.92 Å². The van der Waals surface area contributed by atoms with Gasteiger partial charge in [0.05, 0.1) is 5.75 Å². The molecule has 0 rings (SSSR count). The van der Waals surface area contributed by atoms with Crippen LogP contribution in [0, 0.1) is 0 Å². The lowest BCUT2D eigenvalue weighted by atomic mass is 10.6. The highest BCUT2D eigenvalue weighted by atomic mass is 35.7. The van der Waals surface area contributed by atoms with Gasteiger partial charge in [-0.2, -0.15) is 0 Å². The normalized spacial score (nSPS) is 10.2. The van der Waals surface area contributed by atoms with Crippen LogP contribution in [0.15, 0.2) is 0 Å². The smallest absolute Gasteiger partial charge is 0.212 e. The highest BCUT2D eigenvalue weighted by Crippen LogP contribution is 1.96. The summed E-state index contributed by atoms with van der Waals surface area (Å²) in [5.74, 6) is 0.0779. The Morgan fingerprint density at radius 1 is 1.50 bits per heavy atom. The van der Waals surface area contributed by atoms with Gasteiger partial charge in [-0.25, -0.2) is 8.42 Å². The molecule has 52 valence electrons. The van der Waals surface area contributed by atoms with Crippen molar-refractivity contribution >= 4 is 32.1 Å². The summed E-state index contributed by atoms with van der Waals surface area (Å²) in [4.78, 5) is 0. The molecule has 0 aromatic heterocycles. The van der Waals surface area contributed by atoms with Gasteiger partial charge in [-0.3, -0.25) is 0 Å². The van der Waals surface area contributed by atoms with Gasteiger partial charge in [-0.05, 0) is 6.42 Å². The van der Waals surface area contributed by atoms with Crippen molar-refractivity contribution in [2.75, 3.05) is 5.75 Å². The molecule has 0 aromatic rings. The van der Waals surface area contributed by atoms with E-state index in [0.29, 0.717) is 6.42 Å². The minimum absolute atomic E-state index is 0. The van der Waals surface area contributed by atoms with Gasteiger partial charge in [0, 0.05) is 10.7 Å². The van der Waals surface area contributed by atoms with Crippen molar-refractivity contribution in [1.29, 1.82) is 0 Å². The van der Waals surface area contributed by atoms with E-state index in [4.69, 9.17) is 10.7 Å². The summed E-state index contributed by atoms with van der Waals surface area (Å²) in [6.45, 7) is 1.76.